The van der Waals surface area contributed by atoms with Gasteiger partial charge in [0.05, 0.1) is 5.54 Å². The molecule has 0 radical (unpaired) electrons. The van der Waals surface area contributed by atoms with Gasteiger partial charge in [0.1, 0.15) is 11.4 Å². The molecule has 4 nitrogen and oxygen atoms in total. The lowest BCUT2D eigenvalue weighted by Gasteiger charge is -2.46. The Morgan fingerprint density at radius 1 is 1.18 bits per heavy atom. The molecule has 1 aliphatic rings. The Labute approximate surface area is 131 Å². The van der Waals surface area contributed by atoms with Crippen LogP contribution in [0.3, 0.4) is 0 Å². The lowest BCUT2D eigenvalue weighted by Crippen LogP contribution is -2.53. The van der Waals surface area contributed by atoms with Crippen molar-refractivity contribution >= 4 is 17.2 Å². The third-order valence-corrected chi connectivity index (χ3v) is 4.73. The van der Waals surface area contributed by atoms with Crippen LogP contribution in [0.2, 0.25) is 0 Å². The molecule has 0 saturated carbocycles. The summed E-state index contributed by atoms with van der Waals surface area (Å²) in [5, 5.41) is 4.08. The van der Waals surface area contributed by atoms with Gasteiger partial charge in [0, 0.05) is 11.6 Å². The quantitative estimate of drug-likeness (QED) is 0.791. The number of rotatable bonds is 1. The Bertz CT molecular complexity index is 739. The Balaban J connectivity index is 2.37. The van der Waals surface area contributed by atoms with Gasteiger partial charge >= 0.3 is 0 Å². The number of hydrogen-bond acceptors (Lipinski definition) is 4. The van der Waals surface area contributed by atoms with E-state index in [9.17, 15) is 4.79 Å². The number of carbonyl (C=O) groups is 1. The average molecular weight is 298 g/mol. The van der Waals surface area contributed by atoms with Crippen molar-refractivity contribution in [1.82, 2.24) is 5.16 Å². The highest BCUT2D eigenvalue weighted by atomic mass is 16.5. The molecule has 0 aliphatic carbocycles. The highest BCUT2D eigenvalue weighted by Crippen LogP contribution is 2.48. The molecule has 0 amide bonds. The molecule has 1 unspecified atom stereocenters. The van der Waals surface area contributed by atoms with Crippen LogP contribution in [-0.4, -0.2) is 16.5 Å². The van der Waals surface area contributed by atoms with Gasteiger partial charge in [-0.3, -0.25) is 4.79 Å². The Morgan fingerprint density at radius 2 is 1.86 bits per heavy atom. The predicted molar refractivity (Wildman–Crippen MR) is 86.8 cm³/mol. The summed E-state index contributed by atoms with van der Waals surface area (Å²) in [6.45, 7) is 11.9. The van der Waals surface area contributed by atoms with Gasteiger partial charge in [-0.2, -0.15) is 0 Å². The standard InChI is InChI=1S/C18H22N2O2/c1-10-8-7-9-14-11(2)17(21)18(5,6)20(15(10)14)16-12(3)19-22-13(16)4/h7-9,11H,1-6H3. The van der Waals surface area contributed by atoms with E-state index in [0.29, 0.717) is 0 Å². The Morgan fingerprint density at radius 3 is 2.45 bits per heavy atom. The molecule has 4 heteroatoms. The van der Waals surface area contributed by atoms with E-state index >= 15 is 0 Å². The van der Waals surface area contributed by atoms with Crippen molar-refractivity contribution in [1.29, 1.82) is 0 Å². The molecule has 2 heterocycles. The molecule has 116 valence electrons. The molecular formula is C18H22N2O2. The first kappa shape index (κ1) is 14.8. The Hall–Kier alpha value is -2.10. The summed E-state index contributed by atoms with van der Waals surface area (Å²) in [6.07, 6.45) is 0. The van der Waals surface area contributed by atoms with Crippen molar-refractivity contribution in [2.45, 2.75) is 53.0 Å². The first-order valence-corrected chi connectivity index (χ1v) is 7.63. The minimum absolute atomic E-state index is 0.110. The molecule has 2 aromatic rings. The van der Waals surface area contributed by atoms with E-state index in [-0.39, 0.29) is 11.7 Å². The third-order valence-electron chi connectivity index (χ3n) is 4.73. The van der Waals surface area contributed by atoms with Crippen LogP contribution >= 0.6 is 0 Å². The van der Waals surface area contributed by atoms with Gasteiger partial charge in [0.15, 0.2) is 11.5 Å². The number of aryl methyl sites for hydroxylation is 3. The van der Waals surface area contributed by atoms with Crippen molar-refractivity contribution in [3.8, 4) is 0 Å². The molecule has 0 fully saturated rings. The number of nitrogens with zero attached hydrogens (tertiary/aromatic N) is 2. The maximum Gasteiger partial charge on any atom is 0.165 e. The van der Waals surface area contributed by atoms with Crippen LogP contribution in [-0.2, 0) is 4.79 Å². The molecule has 0 spiro atoms. The summed E-state index contributed by atoms with van der Waals surface area (Å²) in [6, 6.07) is 6.15. The summed E-state index contributed by atoms with van der Waals surface area (Å²) in [4.78, 5) is 15.1. The van der Waals surface area contributed by atoms with Crippen molar-refractivity contribution in [2.24, 2.45) is 0 Å². The summed E-state index contributed by atoms with van der Waals surface area (Å²) < 4.78 is 5.36. The predicted octanol–water partition coefficient (Wildman–Crippen LogP) is 4.20. The topological polar surface area (TPSA) is 46.3 Å². The summed E-state index contributed by atoms with van der Waals surface area (Å²) in [5.41, 5.74) is 4.41. The van der Waals surface area contributed by atoms with Crippen molar-refractivity contribution in [3.05, 3.63) is 40.8 Å². The van der Waals surface area contributed by atoms with Gasteiger partial charge in [-0.25, -0.2) is 0 Å². The fourth-order valence-electron chi connectivity index (χ4n) is 3.59. The Kier molecular flexibility index (Phi) is 3.17. The van der Waals surface area contributed by atoms with Crippen LogP contribution in [0.5, 0.6) is 0 Å². The lowest BCUT2D eigenvalue weighted by atomic mass is 9.77. The van der Waals surface area contributed by atoms with Crippen LogP contribution < -0.4 is 4.90 Å². The van der Waals surface area contributed by atoms with Gasteiger partial charge in [0.25, 0.3) is 0 Å². The second-order valence-electron chi connectivity index (χ2n) is 6.67. The molecule has 22 heavy (non-hydrogen) atoms. The summed E-state index contributed by atoms with van der Waals surface area (Å²) >= 11 is 0. The molecule has 1 atom stereocenters. The van der Waals surface area contributed by atoms with E-state index in [1.165, 1.54) is 0 Å². The van der Waals surface area contributed by atoms with Crippen molar-refractivity contribution in [2.75, 3.05) is 4.90 Å². The zero-order valence-electron chi connectivity index (χ0n) is 14.0. The van der Waals surface area contributed by atoms with E-state index in [1.807, 2.05) is 46.8 Å². The smallest absolute Gasteiger partial charge is 0.165 e. The number of hydrogen-bond donors (Lipinski definition) is 0. The molecule has 0 bridgehead atoms. The van der Waals surface area contributed by atoms with Gasteiger partial charge in [-0.1, -0.05) is 30.3 Å². The number of benzene rings is 1. The molecule has 0 N–H and O–H groups in total. The number of aromatic nitrogens is 1. The van der Waals surface area contributed by atoms with Crippen LogP contribution in [0.4, 0.5) is 11.4 Å². The number of para-hydroxylation sites is 1. The molecule has 0 saturated heterocycles. The molecule has 1 aromatic carbocycles. The number of fused-ring (bicyclic) bond motifs is 1. The van der Waals surface area contributed by atoms with E-state index < -0.39 is 5.54 Å². The van der Waals surface area contributed by atoms with Crippen LogP contribution in [0.15, 0.2) is 22.7 Å². The molecule has 3 rings (SSSR count). The van der Waals surface area contributed by atoms with Gasteiger partial charge in [-0.05, 0) is 45.7 Å². The first-order chi connectivity index (χ1) is 10.3. The maximum absolute atomic E-state index is 13.0. The van der Waals surface area contributed by atoms with E-state index in [0.717, 1.165) is 34.0 Å². The normalized spacial score (nSPS) is 20.2. The van der Waals surface area contributed by atoms with Crippen molar-refractivity contribution < 1.29 is 9.32 Å². The molecular weight excluding hydrogens is 276 g/mol. The fraction of sp³-hybridized carbons (Fsp3) is 0.444. The third kappa shape index (κ3) is 1.83. The van der Waals surface area contributed by atoms with Crippen molar-refractivity contribution in [3.63, 3.8) is 0 Å². The zero-order valence-corrected chi connectivity index (χ0v) is 14.0. The van der Waals surface area contributed by atoms with E-state index in [1.54, 1.807) is 0 Å². The minimum Gasteiger partial charge on any atom is -0.359 e. The SMILES string of the molecule is Cc1cccc2c1N(c1c(C)noc1C)C(C)(C)C(=O)C2C. The second kappa shape index (κ2) is 4.70. The average Bonchev–Trinajstić information content (AvgIpc) is 2.78. The van der Waals surface area contributed by atoms with E-state index in [4.69, 9.17) is 4.52 Å². The number of carbonyl (C=O) groups excluding carboxylic acids is 1. The highest BCUT2D eigenvalue weighted by molar-refractivity contribution is 6.03. The minimum atomic E-state index is -0.639. The van der Waals surface area contributed by atoms with E-state index in [2.05, 4.69) is 23.0 Å². The first-order valence-electron chi connectivity index (χ1n) is 7.63. The van der Waals surface area contributed by atoms with Crippen LogP contribution in [0.25, 0.3) is 0 Å². The van der Waals surface area contributed by atoms with Gasteiger partial charge in [0.2, 0.25) is 0 Å². The number of anilines is 2. The molecule has 1 aromatic heterocycles. The van der Waals surface area contributed by atoms with Crippen LogP contribution in [0, 0.1) is 20.8 Å². The lowest BCUT2D eigenvalue weighted by molar-refractivity contribution is -0.124. The maximum atomic E-state index is 13.0. The highest BCUT2D eigenvalue weighted by Gasteiger charge is 2.46. The number of Topliss-reactive ketones (excluding diaryl/α,β-unsaturated/α-hetero) is 1. The fourth-order valence-corrected chi connectivity index (χ4v) is 3.59. The number of ketones is 1. The van der Waals surface area contributed by atoms with Gasteiger partial charge in [-0.15, -0.1) is 0 Å². The monoisotopic (exact) mass is 298 g/mol. The van der Waals surface area contributed by atoms with Crippen LogP contribution in [0.1, 0.15) is 49.3 Å². The summed E-state index contributed by atoms with van der Waals surface area (Å²) in [7, 11) is 0. The largest absolute Gasteiger partial charge is 0.359 e. The molecule has 1 aliphatic heterocycles. The van der Waals surface area contributed by atoms with Gasteiger partial charge < -0.3 is 9.42 Å². The second-order valence-corrected chi connectivity index (χ2v) is 6.67. The zero-order chi connectivity index (χ0) is 16.2. The summed E-state index contributed by atoms with van der Waals surface area (Å²) in [5.74, 6) is 0.842.